The average Bonchev–Trinajstić information content (AvgIpc) is 2.83. The predicted octanol–water partition coefficient (Wildman–Crippen LogP) is 1.24. The quantitative estimate of drug-likeness (QED) is 0.767. The van der Waals surface area contributed by atoms with Gasteiger partial charge in [-0.3, -0.25) is 4.79 Å². The monoisotopic (exact) mass is 216 g/mol. The Labute approximate surface area is 95.2 Å². The van der Waals surface area contributed by atoms with Gasteiger partial charge in [-0.25, -0.2) is 0 Å². The summed E-state index contributed by atoms with van der Waals surface area (Å²) in [5.74, 6) is 0.158. The molecule has 1 saturated heterocycles. The van der Waals surface area contributed by atoms with Crippen LogP contribution in [-0.2, 0) is 17.6 Å². The summed E-state index contributed by atoms with van der Waals surface area (Å²) in [6, 6.07) is 6.38. The lowest BCUT2D eigenvalue weighted by Gasteiger charge is -2.17. The van der Waals surface area contributed by atoms with Crippen LogP contribution in [0.25, 0.3) is 0 Å². The third kappa shape index (κ3) is 1.52. The summed E-state index contributed by atoms with van der Waals surface area (Å²) in [5.41, 5.74) is 9.68. The molecule has 84 valence electrons. The lowest BCUT2D eigenvalue weighted by Crippen LogP contribution is -2.28. The van der Waals surface area contributed by atoms with Crippen molar-refractivity contribution in [2.75, 3.05) is 11.4 Å². The maximum atomic E-state index is 11.7. The number of benzene rings is 1. The zero-order valence-electron chi connectivity index (χ0n) is 9.28. The van der Waals surface area contributed by atoms with Gasteiger partial charge in [0.25, 0.3) is 0 Å². The second-order valence-electron chi connectivity index (χ2n) is 4.78. The highest BCUT2D eigenvalue weighted by Crippen LogP contribution is 2.28. The van der Waals surface area contributed by atoms with E-state index in [1.54, 1.807) is 0 Å². The third-order valence-electron chi connectivity index (χ3n) is 3.55. The van der Waals surface area contributed by atoms with Crippen LogP contribution in [0.5, 0.6) is 0 Å². The zero-order valence-corrected chi connectivity index (χ0v) is 9.28. The molecule has 1 aromatic rings. The summed E-state index contributed by atoms with van der Waals surface area (Å²) in [6.07, 6.45) is 4.06. The van der Waals surface area contributed by atoms with Crippen LogP contribution in [0.15, 0.2) is 18.2 Å². The number of aryl methyl sites for hydroxylation is 2. The Morgan fingerprint density at radius 2 is 2.06 bits per heavy atom. The van der Waals surface area contributed by atoms with Crippen molar-refractivity contribution in [3.05, 3.63) is 29.3 Å². The van der Waals surface area contributed by atoms with E-state index >= 15 is 0 Å². The van der Waals surface area contributed by atoms with Gasteiger partial charge in [-0.2, -0.15) is 0 Å². The van der Waals surface area contributed by atoms with E-state index in [9.17, 15) is 4.79 Å². The van der Waals surface area contributed by atoms with Gasteiger partial charge in [0.1, 0.15) is 0 Å². The lowest BCUT2D eigenvalue weighted by atomic mass is 10.1. The van der Waals surface area contributed by atoms with E-state index in [4.69, 9.17) is 5.73 Å². The van der Waals surface area contributed by atoms with Gasteiger partial charge in [0.05, 0.1) is 0 Å². The van der Waals surface area contributed by atoms with Crippen molar-refractivity contribution in [1.29, 1.82) is 0 Å². The Morgan fingerprint density at radius 3 is 2.81 bits per heavy atom. The summed E-state index contributed by atoms with van der Waals surface area (Å²) in [5, 5.41) is 0. The van der Waals surface area contributed by atoms with Crippen molar-refractivity contribution in [3.8, 4) is 0 Å². The number of nitrogens with zero attached hydrogens (tertiary/aromatic N) is 1. The van der Waals surface area contributed by atoms with Crippen molar-refractivity contribution in [2.45, 2.75) is 31.7 Å². The fraction of sp³-hybridized carbons (Fsp3) is 0.462. The van der Waals surface area contributed by atoms with E-state index in [2.05, 4.69) is 18.2 Å². The standard InChI is InChI=1S/C13H16N2O/c14-11-7-13(16)15(8-11)12-5-4-9-2-1-3-10(9)6-12/h4-6,11H,1-3,7-8,14H2. The maximum absolute atomic E-state index is 11.7. The smallest absolute Gasteiger partial charge is 0.228 e. The first-order chi connectivity index (χ1) is 7.74. The number of hydrogen-bond acceptors (Lipinski definition) is 2. The molecule has 3 nitrogen and oxygen atoms in total. The number of hydrogen-bond donors (Lipinski definition) is 1. The topological polar surface area (TPSA) is 46.3 Å². The molecule has 1 aliphatic carbocycles. The minimum atomic E-state index is 0.000699. The molecule has 0 bridgehead atoms. The Kier molecular flexibility index (Phi) is 2.21. The van der Waals surface area contributed by atoms with Gasteiger partial charge in [-0.1, -0.05) is 6.07 Å². The number of rotatable bonds is 1. The number of fused-ring (bicyclic) bond motifs is 1. The molecule has 1 aliphatic heterocycles. The van der Waals surface area contributed by atoms with Crippen molar-refractivity contribution in [3.63, 3.8) is 0 Å². The van der Waals surface area contributed by atoms with Gasteiger partial charge in [0, 0.05) is 24.7 Å². The van der Waals surface area contributed by atoms with Crippen LogP contribution in [0.1, 0.15) is 24.0 Å². The molecule has 1 heterocycles. The molecule has 0 aromatic heterocycles. The van der Waals surface area contributed by atoms with Gasteiger partial charge >= 0.3 is 0 Å². The summed E-state index contributed by atoms with van der Waals surface area (Å²) in [6.45, 7) is 0.664. The van der Waals surface area contributed by atoms with Gasteiger partial charge in [-0.05, 0) is 42.5 Å². The molecule has 0 spiro atoms. The Hall–Kier alpha value is -1.35. The van der Waals surface area contributed by atoms with Crippen molar-refractivity contribution >= 4 is 11.6 Å². The highest BCUT2D eigenvalue weighted by molar-refractivity contribution is 5.96. The highest BCUT2D eigenvalue weighted by atomic mass is 16.2. The fourth-order valence-corrected chi connectivity index (χ4v) is 2.71. The number of carbonyl (C=O) groups excluding carboxylic acids is 1. The number of carbonyl (C=O) groups is 1. The minimum Gasteiger partial charge on any atom is -0.326 e. The third-order valence-corrected chi connectivity index (χ3v) is 3.55. The van der Waals surface area contributed by atoms with Crippen molar-refractivity contribution < 1.29 is 4.79 Å². The molecule has 2 N–H and O–H groups in total. The number of anilines is 1. The first kappa shape index (κ1) is 9.85. The van der Waals surface area contributed by atoms with Crippen LogP contribution in [0.4, 0.5) is 5.69 Å². The van der Waals surface area contributed by atoms with Gasteiger partial charge in [-0.15, -0.1) is 0 Å². The molecule has 16 heavy (non-hydrogen) atoms. The SMILES string of the molecule is NC1CC(=O)N(c2ccc3c(c2)CCC3)C1. The van der Waals surface area contributed by atoms with Crippen LogP contribution in [0.2, 0.25) is 0 Å². The van der Waals surface area contributed by atoms with Crippen LogP contribution in [0, 0.1) is 0 Å². The lowest BCUT2D eigenvalue weighted by molar-refractivity contribution is -0.117. The van der Waals surface area contributed by atoms with Gasteiger partial charge in [0.15, 0.2) is 0 Å². The molecule has 1 fully saturated rings. The molecule has 1 amide bonds. The zero-order chi connectivity index (χ0) is 11.1. The largest absolute Gasteiger partial charge is 0.326 e. The Morgan fingerprint density at radius 1 is 1.25 bits per heavy atom. The van der Waals surface area contributed by atoms with Crippen LogP contribution in [0.3, 0.4) is 0 Å². The normalized spacial score (nSPS) is 23.9. The van der Waals surface area contributed by atoms with E-state index in [0.29, 0.717) is 13.0 Å². The maximum Gasteiger partial charge on any atom is 0.228 e. The Bertz CT molecular complexity index is 442. The second kappa shape index (κ2) is 3.59. The van der Waals surface area contributed by atoms with E-state index in [1.165, 1.54) is 24.0 Å². The molecular formula is C13H16N2O. The van der Waals surface area contributed by atoms with Gasteiger partial charge in [0.2, 0.25) is 5.91 Å². The minimum absolute atomic E-state index is 0.000699. The molecule has 2 aliphatic rings. The molecule has 0 saturated carbocycles. The van der Waals surface area contributed by atoms with Crippen LogP contribution < -0.4 is 10.6 Å². The second-order valence-corrected chi connectivity index (χ2v) is 4.78. The molecule has 1 atom stereocenters. The number of nitrogens with two attached hydrogens (primary N) is 1. The van der Waals surface area contributed by atoms with Crippen molar-refractivity contribution in [2.24, 2.45) is 5.73 Å². The summed E-state index contributed by atoms with van der Waals surface area (Å²) < 4.78 is 0. The number of amides is 1. The summed E-state index contributed by atoms with van der Waals surface area (Å²) >= 11 is 0. The molecule has 1 aromatic carbocycles. The van der Waals surface area contributed by atoms with Crippen molar-refractivity contribution in [1.82, 2.24) is 0 Å². The van der Waals surface area contributed by atoms with E-state index in [0.717, 1.165) is 12.1 Å². The molecule has 3 rings (SSSR count). The molecule has 1 unspecified atom stereocenters. The fourth-order valence-electron chi connectivity index (χ4n) is 2.71. The molecule has 0 radical (unpaired) electrons. The first-order valence-corrected chi connectivity index (χ1v) is 5.92. The Balaban J connectivity index is 1.92. The van der Waals surface area contributed by atoms with E-state index in [1.807, 2.05) is 4.90 Å². The van der Waals surface area contributed by atoms with Gasteiger partial charge < -0.3 is 10.6 Å². The van der Waals surface area contributed by atoms with Crippen LogP contribution >= 0.6 is 0 Å². The summed E-state index contributed by atoms with van der Waals surface area (Å²) in [7, 11) is 0. The highest BCUT2D eigenvalue weighted by Gasteiger charge is 2.28. The first-order valence-electron chi connectivity index (χ1n) is 5.92. The molecule has 3 heteroatoms. The predicted molar refractivity (Wildman–Crippen MR) is 63.4 cm³/mol. The average molecular weight is 216 g/mol. The van der Waals surface area contributed by atoms with E-state index < -0.39 is 0 Å². The summed E-state index contributed by atoms with van der Waals surface area (Å²) in [4.78, 5) is 13.6. The molecular weight excluding hydrogens is 200 g/mol. The van der Waals surface area contributed by atoms with E-state index in [-0.39, 0.29) is 11.9 Å². The van der Waals surface area contributed by atoms with Crippen LogP contribution in [-0.4, -0.2) is 18.5 Å².